The van der Waals surface area contributed by atoms with Gasteiger partial charge in [0.05, 0.1) is 16.5 Å². The summed E-state index contributed by atoms with van der Waals surface area (Å²) in [7, 11) is -3.01. The SMILES string of the molecule is O=C(O)c1nc(N2CCCS(=O)(=O)CC2)ccc1Cl. The van der Waals surface area contributed by atoms with Crippen molar-refractivity contribution in [2.45, 2.75) is 6.42 Å². The van der Waals surface area contributed by atoms with Crippen LogP contribution >= 0.6 is 11.6 Å². The lowest BCUT2D eigenvalue weighted by molar-refractivity contribution is 0.0691. The Balaban J connectivity index is 2.27. The van der Waals surface area contributed by atoms with E-state index in [0.717, 1.165) is 0 Å². The van der Waals surface area contributed by atoms with E-state index in [1.807, 2.05) is 0 Å². The number of carboxylic acids is 1. The Labute approximate surface area is 115 Å². The summed E-state index contributed by atoms with van der Waals surface area (Å²) >= 11 is 5.75. The lowest BCUT2D eigenvalue weighted by atomic mass is 10.3. The van der Waals surface area contributed by atoms with Crippen molar-refractivity contribution < 1.29 is 18.3 Å². The van der Waals surface area contributed by atoms with Crippen LogP contribution in [0.25, 0.3) is 0 Å². The van der Waals surface area contributed by atoms with Crippen LogP contribution in [-0.4, -0.2) is 49.1 Å². The van der Waals surface area contributed by atoms with Crippen LogP contribution in [0.4, 0.5) is 5.82 Å². The minimum Gasteiger partial charge on any atom is -0.476 e. The molecule has 104 valence electrons. The summed E-state index contributed by atoms with van der Waals surface area (Å²) in [5, 5.41) is 9.03. The largest absolute Gasteiger partial charge is 0.476 e. The Bertz CT molecular complexity index is 603. The first kappa shape index (κ1) is 14.1. The molecule has 6 nitrogen and oxygen atoms in total. The van der Waals surface area contributed by atoms with E-state index in [-0.39, 0.29) is 22.2 Å². The van der Waals surface area contributed by atoms with Crippen molar-refractivity contribution in [2.75, 3.05) is 29.5 Å². The maximum atomic E-state index is 11.5. The first-order valence-corrected chi connectivity index (χ1v) is 7.94. The van der Waals surface area contributed by atoms with Crippen LogP contribution in [0, 0.1) is 0 Å². The van der Waals surface area contributed by atoms with Gasteiger partial charge in [0.1, 0.15) is 5.82 Å². The number of carbonyl (C=O) groups is 1. The van der Waals surface area contributed by atoms with Crippen molar-refractivity contribution in [2.24, 2.45) is 0 Å². The molecule has 0 saturated carbocycles. The van der Waals surface area contributed by atoms with E-state index in [4.69, 9.17) is 16.7 Å². The van der Waals surface area contributed by atoms with Gasteiger partial charge in [0, 0.05) is 13.1 Å². The summed E-state index contributed by atoms with van der Waals surface area (Å²) < 4.78 is 23.0. The molecular formula is C11H13ClN2O4S. The lowest BCUT2D eigenvalue weighted by Gasteiger charge is -2.21. The number of anilines is 1. The maximum absolute atomic E-state index is 11.5. The van der Waals surface area contributed by atoms with E-state index in [1.54, 1.807) is 11.0 Å². The van der Waals surface area contributed by atoms with Gasteiger partial charge in [-0.25, -0.2) is 18.2 Å². The number of hydrogen-bond donors (Lipinski definition) is 1. The van der Waals surface area contributed by atoms with Crippen molar-refractivity contribution in [3.8, 4) is 0 Å². The van der Waals surface area contributed by atoms with Crippen LogP contribution in [0.5, 0.6) is 0 Å². The molecule has 0 spiro atoms. The number of sulfone groups is 1. The van der Waals surface area contributed by atoms with Gasteiger partial charge in [0.2, 0.25) is 0 Å². The predicted octanol–water partition coefficient (Wildman–Crippen LogP) is 1.06. The molecule has 19 heavy (non-hydrogen) atoms. The van der Waals surface area contributed by atoms with Crippen LogP contribution in [0.3, 0.4) is 0 Å². The average Bonchev–Trinajstić information content (AvgIpc) is 2.51. The van der Waals surface area contributed by atoms with Crippen molar-refractivity contribution in [3.63, 3.8) is 0 Å². The molecule has 0 aromatic carbocycles. The highest BCUT2D eigenvalue weighted by Gasteiger charge is 2.21. The van der Waals surface area contributed by atoms with Gasteiger partial charge >= 0.3 is 5.97 Å². The Morgan fingerprint density at radius 3 is 2.74 bits per heavy atom. The molecule has 1 saturated heterocycles. The van der Waals surface area contributed by atoms with Gasteiger partial charge in [0.15, 0.2) is 15.5 Å². The second-order valence-electron chi connectivity index (χ2n) is 4.30. The third-order valence-corrected chi connectivity index (χ3v) is 4.93. The Morgan fingerprint density at radius 2 is 2.05 bits per heavy atom. The normalized spacial score (nSPS) is 18.9. The van der Waals surface area contributed by atoms with Crippen molar-refractivity contribution in [1.82, 2.24) is 4.98 Å². The molecule has 0 aliphatic carbocycles. The van der Waals surface area contributed by atoms with Gasteiger partial charge in [-0.1, -0.05) is 11.6 Å². The first-order chi connectivity index (χ1) is 8.89. The molecule has 1 aliphatic heterocycles. The zero-order valence-electron chi connectivity index (χ0n) is 10.0. The smallest absolute Gasteiger partial charge is 0.356 e. The minimum atomic E-state index is -3.01. The summed E-state index contributed by atoms with van der Waals surface area (Å²) in [4.78, 5) is 16.7. The number of aromatic carboxylic acids is 1. The number of aromatic nitrogens is 1. The van der Waals surface area contributed by atoms with Gasteiger partial charge in [0.25, 0.3) is 0 Å². The molecule has 2 rings (SSSR count). The highest BCUT2D eigenvalue weighted by atomic mass is 35.5. The zero-order valence-corrected chi connectivity index (χ0v) is 11.6. The van der Waals surface area contributed by atoms with Gasteiger partial charge in [-0.2, -0.15) is 0 Å². The molecule has 1 aromatic rings. The summed E-state index contributed by atoms with van der Waals surface area (Å²) in [6.07, 6.45) is 0.509. The number of nitrogens with zero attached hydrogens (tertiary/aromatic N) is 2. The fourth-order valence-electron chi connectivity index (χ4n) is 1.93. The third kappa shape index (κ3) is 3.36. The van der Waals surface area contributed by atoms with Gasteiger partial charge in [-0.05, 0) is 18.6 Å². The quantitative estimate of drug-likeness (QED) is 0.879. The second-order valence-corrected chi connectivity index (χ2v) is 7.01. The molecule has 0 bridgehead atoms. The maximum Gasteiger partial charge on any atom is 0.356 e. The zero-order chi connectivity index (χ0) is 14.0. The molecule has 0 amide bonds. The molecule has 0 radical (unpaired) electrons. The molecule has 2 heterocycles. The Kier molecular flexibility index (Phi) is 3.96. The summed E-state index contributed by atoms with van der Waals surface area (Å²) in [5.41, 5.74) is -0.216. The molecule has 0 unspecified atom stereocenters. The van der Waals surface area contributed by atoms with E-state index in [2.05, 4.69) is 4.98 Å². The van der Waals surface area contributed by atoms with E-state index in [9.17, 15) is 13.2 Å². The summed E-state index contributed by atoms with van der Waals surface area (Å²) in [6, 6.07) is 3.07. The molecular weight excluding hydrogens is 292 g/mol. The van der Waals surface area contributed by atoms with Gasteiger partial charge in [-0.15, -0.1) is 0 Å². The van der Waals surface area contributed by atoms with Crippen LogP contribution in [0.2, 0.25) is 5.02 Å². The van der Waals surface area contributed by atoms with E-state index < -0.39 is 15.8 Å². The molecule has 1 fully saturated rings. The molecule has 1 aliphatic rings. The Hall–Kier alpha value is -1.34. The number of halogens is 1. The molecule has 0 atom stereocenters. The van der Waals surface area contributed by atoms with Gasteiger partial charge in [-0.3, -0.25) is 0 Å². The monoisotopic (exact) mass is 304 g/mol. The van der Waals surface area contributed by atoms with Crippen LogP contribution < -0.4 is 4.90 Å². The van der Waals surface area contributed by atoms with E-state index >= 15 is 0 Å². The minimum absolute atomic E-state index is 0.0553. The van der Waals surface area contributed by atoms with Crippen LogP contribution in [0.1, 0.15) is 16.9 Å². The van der Waals surface area contributed by atoms with E-state index in [1.165, 1.54) is 6.07 Å². The van der Waals surface area contributed by atoms with Crippen molar-refractivity contribution in [1.29, 1.82) is 0 Å². The fraction of sp³-hybridized carbons (Fsp3) is 0.455. The summed E-state index contributed by atoms with van der Waals surface area (Å²) in [6.45, 7) is 0.850. The standard InChI is InChI=1S/C11H13ClN2O4S/c12-8-2-3-9(13-10(8)11(15)16)14-4-1-6-19(17,18)7-5-14/h2-3H,1,4-7H2,(H,15,16). The fourth-order valence-corrected chi connectivity index (χ4v) is 3.38. The van der Waals surface area contributed by atoms with E-state index in [0.29, 0.717) is 25.3 Å². The second kappa shape index (κ2) is 5.34. The van der Waals surface area contributed by atoms with Crippen LogP contribution in [0.15, 0.2) is 12.1 Å². The highest BCUT2D eigenvalue weighted by molar-refractivity contribution is 7.91. The van der Waals surface area contributed by atoms with Crippen molar-refractivity contribution in [3.05, 3.63) is 22.8 Å². The first-order valence-electron chi connectivity index (χ1n) is 5.74. The van der Waals surface area contributed by atoms with Gasteiger partial charge < -0.3 is 10.0 Å². The molecule has 8 heteroatoms. The van der Waals surface area contributed by atoms with Crippen LogP contribution in [-0.2, 0) is 9.84 Å². The lowest BCUT2D eigenvalue weighted by Crippen LogP contribution is -2.28. The highest BCUT2D eigenvalue weighted by Crippen LogP contribution is 2.20. The number of hydrogen-bond acceptors (Lipinski definition) is 5. The average molecular weight is 305 g/mol. The summed E-state index contributed by atoms with van der Waals surface area (Å²) in [5.74, 6) is -0.545. The Morgan fingerprint density at radius 1 is 1.32 bits per heavy atom. The molecule has 1 aromatic heterocycles. The predicted molar refractivity (Wildman–Crippen MR) is 71.7 cm³/mol. The third-order valence-electron chi connectivity index (χ3n) is 2.91. The topological polar surface area (TPSA) is 87.6 Å². The number of rotatable bonds is 2. The number of pyridine rings is 1. The molecule has 1 N–H and O–H groups in total. The number of carboxylic acid groups (broad SMARTS) is 1. The van der Waals surface area contributed by atoms with Crippen molar-refractivity contribution >= 4 is 33.2 Å².